The third kappa shape index (κ3) is 4.68. The van der Waals surface area contributed by atoms with Crippen LogP contribution in [0.2, 0.25) is 0 Å². The lowest BCUT2D eigenvalue weighted by Crippen LogP contribution is -2.40. The van der Waals surface area contributed by atoms with Crippen LogP contribution in [0.25, 0.3) is 10.9 Å². The van der Waals surface area contributed by atoms with E-state index in [4.69, 9.17) is 10.5 Å². The zero-order valence-electron chi connectivity index (χ0n) is 15.9. The van der Waals surface area contributed by atoms with Gasteiger partial charge in [-0.15, -0.1) is 0 Å². The Labute approximate surface area is 166 Å². The van der Waals surface area contributed by atoms with Crippen molar-refractivity contribution >= 4 is 38.7 Å². The zero-order chi connectivity index (χ0) is 19.8. The van der Waals surface area contributed by atoms with E-state index >= 15 is 0 Å². The minimum atomic E-state index is -0.529. The van der Waals surface area contributed by atoms with Gasteiger partial charge in [-0.25, -0.2) is 0 Å². The largest absolute Gasteiger partial charge is 0.459 e. The molecule has 1 amide bonds. The van der Waals surface area contributed by atoms with E-state index < -0.39 is 11.5 Å². The third-order valence-electron chi connectivity index (χ3n) is 4.58. The van der Waals surface area contributed by atoms with Crippen LogP contribution in [-0.4, -0.2) is 51.8 Å². The van der Waals surface area contributed by atoms with Gasteiger partial charge < -0.3 is 10.5 Å². The molecular weight excluding hydrogens is 412 g/mol. The lowest BCUT2D eigenvalue weighted by atomic mass is 10.0. The Morgan fingerprint density at radius 3 is 2.56 bits per heavy atom. The summed E-state index contributed by atoms with van der Waals surface area (Å²) in [4.78, 5) is 25.9. The average Bonchev–Trinajstić information content (AvgIpc) is 2.92. The molecule has 0 aliphatic carbocycles. The Morgan fingerprint density at radius 2 is 1.96 bits per heavy atom. The van der Waals surface area contributed by atoms with E-state index in [1.165, 1.54) is 0 Å². The zero-order valence-corrected chi connectivity index (χ0v) is 17.5. The van der Waals surface area contributed by atoms with Gasteiger partial charge in [0.05, 0.1) is 18.1 Å². The molecule has 2 N–H and O–H groups in total. The van der Waals surface area contributed by atoms with Crippen molar-refractivity contribution in [2.75, 3.05) is 19.6 Å². The minimum Gasteiger partial charge on any atom is -0.459 e. The van der Waals surface area contributed by atoms with Crippen LogP contribution in [0.1, 0.15) is 50.1 Å². The molecule has 0 radical (unpaired) electrons. The maximum absolute atomic E-state index is 12.0. The molecule has 8 heteroatoms. The maximum Gasteiger partial charge on any atom is 0.320 e. The first-order valence-corrected chi connectivity index (χ1v) is 9.85. The molecule has 146 valence electrons. The number of nitrogens with two attached hydrogens (primary N) is 1. The van der Waals surface area contributed by atoms with E-state index in [1.54, 1.807) is 0 Å². The van der Waals surface area contributed by atoms with Crippen molar-refractivity contribution in [2.24, 2.45) is 5.73 Å². The molecule has 2 aromatic rings. The highest BCUT2D eigenvalue weighted by Crippen LogP contribution is 2.30. The highest BCUT2D eigenvalue weighted by atomic mass is 79.9. The maximum atomic E-state index is 12.0. The Morgan fingerprint density at radius 1 is 1.30 bits per heavy atom. The van der Waals surface area contributed by atoms with Crippen molar-refractivity contribution in [3.63, 3.8) is 0 Å². The summed E-state index contributed by atoms with van der Waals surface area (Å²) in [6.45, 7) is 7.45. The fourth-order valence-corrected chi connectivity index (χ4v) is 3.81. The van der Waals surface area contributed by atoms with Crippen molar-refractivity contribution in [1.82, 2.24) is 14.7 Å². The standard InChI is InChI=1S/C19H25BrN4O3/c1-19(2,3)27-16(25)11-23-8-6-13(7-9-23)24-15-5-4-12(20)10-14(15)17(22-24)18(21)26/h4-5,10,13H,6-9,11H2,1-3H3,(H2,21,26). The highest BCUT2D eigenvalue weighted by molar-refractivity contribution is 9.10. The van der Waals surface area contributed by atoms with Crippen LogP contribution in [0.3, 0.4) is 0 Å². The molecule has 0 spiro atoms. The van der Waals surface area contributed by atoms with Crippen LogP contribution in [-0.2, 0) is 9.53 Å². The molecule has 1 aliphatic rings. The first-order valence-electron chi connectivity index (χ1n) is 9.06. The summed E-state index contributed by atoms with van der Waals surface area (Å²) in [7, 11) is 0. The lowest BCUT2D eigenvalue weighted by molar-refractivity contribution is -0.156. The summed E-state index contributed by atoms with van der Waals surface area (Å²) in [5.41, 5.74) is 6.24. The molecule has 3 rings (SSSR count). The number of aromatic nitrogens is 2. The number of halogens is 1. The molecule has 0 atom stereocenters. The number of carbonyl (C=O) groups is 2. The summed E-state index contributed by atoms with van der Waals surface area (Å²) in [6, 6.07) is 5.92. The van der Waals surface area contributed by atoms with Gasteiger partial charge in [0, 0.05) is 22.9 Å². The second-order valence-corrected chi connectivity index (χ2v) is 8.83. The van der Waals surface area contributed by atoms with E-state index in [0.29, 0.717) is 12.2 Å². The Bertz CT molecular complexity index is 864. The van der Waals surface area contributed by atoms with Gasteiger partial charge in [0.2, 0.25) is 0 Å². The number of likely N-dealkylation sites (tertiary alicyclic amines) is 1. The van der Waals surface area contributed by atoms with E-state index in [2.05, 4.69) is 25.9 Å². The molecule has 2 heterocycles. The molecule has 27 heavy (non-hydrogen) atoms. The topological polar surface area (TPSA) is 90.4 Å². The number of benzene rings is 1. The summed E-state index contributed by atoms with van der Waals surface area (Å²) in [5.74, 6) is -0.731. The number of carbonyl (C=O) groups excluding carboxylic acids is 2. The Balaban J connectivity index is 1.71. The van der Waals surface area contributed by atoms with E-state index in [0.717, 1.165) is 41.3 Å². The predicted octanol–water partition coefficient (Wildman–Crippen LogP) is 2.88. The molecule has 0 unspecified atom stereocenters. The summed E-state index contributed by atoms with van der Waals surface area (Å²) < 4.78 is 8.18. The van der Waals surface area contributed by atoms with Crippen LogP contribution < -0.4 is 5.73 Å². The monoisotopic (exact) mass is 436 g/mol. The van der Waals surface area contributed by atoms with Crippen LogP contribution >= 0.6 is 15.9 Å². The fourth-order valence-electron chi connectivity index (χ4n) is 3.45. The van der Waals surface area contributed by atoms with Crippen molar-refractivity contribution < 1.29 is 14.3 Å². The van der Waals surface area contributed by atoms with E-state index in [1.807, 2.05) is 43.7 Å². The molecule has 1 aromatic carbocycles. The van der Waals surface area contributed by atoms with Gasteiger partial charge in [0.25, 0.3) is 5.91 Å². The number of fused-ring (bicyclic) bond motifs is 1. The van der Waals surface area contributed by atoms with E-state index in [9.17, 15) is 9.59 Å². The number of hydrogen-bond acceptors (Lipinski definition) is 5. The van der Waals surface area contributed by atoms with Gasteiger partial charge in [-0.1, -0.05) is 15.9 Å². The lowest BCUT2D eigenvalue weighted by Gasteiger charge is -2.32. The second-order valence-electron chi connectivity index (χ2n) is 7.91. The third-order valence-corrected chi connectivity index (χ3v) is 5.07. The van der Waals surface area contributed by atoms with Gasteiger partial charge in [-0.3, -0.25) is 19.2 Å². The second kappa shape index (κ2) is 7.59. The highest BCUT2D eigenvalue weighted by Gasteiger charge is 2.27. The number of primary amides is 1. The molecule has 1 aliphatic heterocycles. The van der Waals surface area contributed by atoms with Crippen LogP contribution in [0.15, 0.2) is 22.7 Å². The molecule has 0 bridgehead atoms. The molecular formula is C19H25BrN4O3. The van der Waals surface area contributed by atoms with Gasteiger partial charge in [-0.05, 0) is 51.8 Å². The van der Waals surface area contributed by atoms with Crippen LogP contribution in [0.4, 0.5) is 0 Å². The van der Waals surface area contributed by atoms with Gasteiger partial charge in [-0.2, -0.15) is 5.10 Å². The SMILES string of the molecule is CC(C)(C)OC(=O)CN1CCC(n2nc(C(N)=O)c3cc(Br)ccc32)CC1. The van der Waals surface area contributed by atoms with Crippen molar-refractivity contribution in [3.05, 3.63) is 28.4 Å². The number of piperidine rings is 1. The molecule has 1 saturated heterocycles. The number of rotatable bonds is 4. The quantitative estimate of drug-likeness (QED) is 0.743. The molecule has 7 nitrogen and oxygen atoms in total. The van der Waals surface area contributed by atoms with Crippen LogP contribution in [0.5, 0.6) is 0 Å². The normalized spacial score (nSPS) is 16.6. The summed E-state index contributed by atoms with van der Waals surface area (Å²) in [5, 5.41) is 5.26. The fraction of sp³-hybridized carbons (Fsp3) is 0.526. The van der Waals surface area contributed by atoms with Crippen molar-refractivity contribution in [2.45, 2.75) is 45.3 Å². The Kier molecular flexibility index (Phi) is 5.58. The van der Waals surface area contributed by atoms with E-state index in [-0.39, 0.29) is 12.0 Å². The average molecular weight is 437 g/mol. The van der Waals surface area contributed by atoms with Gasteiger partial charge in [0.1, 0.15) is 5.60 Å². The Hall–Kier alpha value is -1.93. The number of ether oxygens (including phenoxy) is 1. The first-order chi connectivity index (χ1) is 12.6. The summed E-state index contributed by atoms with van der Waals surface area (Å²) >= 11 is 3.43. The smallest absolute Gasteiger partial charge is 0.320 e. The number of amides is 1. The van der Waals surface area contributed by atoms with Crippen LogP contribution in [0, 0.1) is 0 Å². The predicted molar refractivity (Wildman–Crippen MR) is 107 cm³/mol. The first kappa shape index (κ1) is 19.8. The van der Waals surface area contributed by atoms with Gasteiger partial charge >= 0.3 is 5.97 Å². The van der Waals surface area contributed by atoms with Crippen molar-refractivity contribution in [3.8, 4) is 0 Å². The number of nitrogens with zero attached hydrogens (tertiary/aromatic N) is 3. The molecule has 1 aromatic heterocycles. The number of esters is 1. The minimum absolute atomic E-state index is 0.164. The van der Waals surface area contributed by atoms with Gasteiger partial charge in [0.15, 0.2) is 5.69 Å². The van der Waals surface area contributed by atoms with Crippen molar-refractivity contribution in [1.29, 1.82) is 0 Å². The summed E-state index contributed by atoms with van der Waals surface area (Å²) in [6.07, 6.45) is 1.68. The number of hydrogen-bond donors (Lipinski definition) is 1. The molecule has 0 saturated carbocycles. The molecule has 1 fully saturated rings.